The van der Waals surface area contributed by atoms with E-state index in [0.29, 0.717) is 4.90 Å². The molecule has 0 aliphatic heterocycles. The van der Waals surface area contributed by atoms with Gasteiger partial charge in [-0.15, -0.1) is 11.8 Å². The van der Waals surface area contributed by atoms with E-state index >= 15 is 0 Å². The first-order valence-electron chi connectivity index (χ1n) is 3.97. The summed E-state index contributed by atoms with van der Waals surface area (Å²) in [5.41, 5.74) is 2.41. The molecule has 0 radical (unpaired) electrons. The van der Waals surface area contributed by atoms with Gasteiger partial charge in [-0.25, -0.2) is 8.78 Å². The van der Waals surface area contributed by atoms with Crippen molar-refractivity contribution in [3.8, 4) is 0 Å². The van der Waals surface area contributed by atoms with Crippen molar-refractivity contribution in [2.75, 3.05) is 13.4 Å². The molecule has 0 heterocycles. The summed E-state index contributed by atoms with van der Waals surface area (Å²) in [6, 6.07) is 2.67. The Morgan fingerprint density at radius 3 is 2.71 bits per heavy atom. The van der Waals surface area contributed by atoms with Crippen LogP contribution in [0.3, 0.4) is 0 Å². The fourth-order valence-corrected chi connectivity index (χ4v) is 1.55. The first-order chi connectivity index (χ1) is 6.70. The summed E-state index contributed by atoms with van der Waals surface area (Å²) in [5.74, 6) is -1.09. The molecule has 0 aliphatic carbocycles. The molecule has 0 bridgehead atoms. The second-order valence-electron chi connectivity index (χ2n) is 2.57. The maximum atomic E-state index is 13.5. The SMILES string of the molecule is CONCc1c(F)ccc(SC)c1F. The van der Waals surface area contributed by atoms with Crippen LogP contribution in [0.5, 0.6) is 0 Å². The van der Waals surface area contributed by atoms with Crippen molar-refractivity contribution < 1.29 is 13.6 Å². The molecule has 78 valence electrons. The molecule has 2 nitrogen and oxygen atoms in total. The summed E-state index contributed by atoms with van der Waals surface area (Å²) >= 11 is 1.24. The van der Waals surface area contributed by atoms with Crippen LogP contribution in [-0.2, 0) is 11.4 Å². The summed E-state index contributed by atoms with van der Waals surface area (Å²) in [6.45, 7) is 0.0164. The van der Waals surface area contributed by atoms with Gasteiger partial charge in [0, 0.05) is 10.5 Å². The van der Waals surface area contributed by atoms with Crippen molar-refractivity contribution in [2.24, 2.45) is 0 Å². The summed E-state index contributed by atoms with van der Waals surface area (Å²) in [4.78, 5) is 4.97. The predicted molar refractivity (Wildman–Crippen MR) is 52.0 cm³/mol. The maximum absolute atomic E-state index is 13.5. The average Bonchev–Trinajstić information content (AvgIpc) is 2.18. The summed E-state index contributed by atoms with van der Waals surface area (Å²) in [7, 11) is 1.40. The van der Waals surface area contributed by atoms with Gasteiger partial charge in [-0.05, 0) is 18.4 Å². The largest absolute Gasteiger partial charge is 0.305 e. The Morgan fingerprint density at radius 1 is 1.43 bits per heavy atom. The van der Waals surface area contributed by atoms with E-state index in [0.717, 1.165) is 0 Å². The van der Waals surface area contributed by atoms with Crippen LogP contribution in [0, 0.1) is 11.6 Å². The van der Waals surface area contributed by atoms with Gasteiger partial charge in [-0.2, -0.15) is 5.48 Å². The Morgan fingerprint density at radius 2 is 2.14 bits per heavy atom. The van der Waals surface area contributed by atoms with Gasteiger partial charge in [-0.3, -0.25) is 0 Å². The first kappa shape index (κ1) is 11.4. The second kappa shape index (κ2) is 5.29. The van der Waals surface area contributed by atoms with Crippen LogP contribution in [0.2, 0.25) is 0 Å². The van der Waals surface area contributed by atoms with E-state index in [4.69, 9.17) is 0 Å². The lowest BCUT2D eigenvalue weighted by Crippen LogP contribution is -2.14. The van der Waals surface area contributed by atoms with Gasteiger partial charge in [0.15, 0.2) is 0 Å². The third-order valence-corrected chi connectivity index (χ3v) is 2.52. The summed E-state index contributed by atoms with van der Waals surface area (Å²) in [6.07, 6.45) is 1.74. The van der Waals surface area contributed by atoms with E-state index in [-0.39, 0.29) is 12.1 Å². The minimum Gasteiger partial charge on any atom is -0.305 e. The zero-order chi connectivity index (χ0) is 10.6. The number of benzene rings is 1. The number of nitrogens with one attached hydrogen (secondary N) is 1. The summed E-state index contributed by atoms with van der Waals surface area (Å²) in [5, 5.41) is 0. The van der Waals surface area contributed by atoms with E-state index in [1.807, 2.05) is 0 Å². The molecule has 1 aromatic carbocycles. The van der Waals surface area contributed by atoms with Crippen LogP contribution >= 0.6 is 11.8 Å². The minimum atomic E-state index is -0.565. The molecule has 0 unspecified atom stereocenters. The van der Waals surface area contributed by atoms with Gasteiger partial charge >= 0.3 is 0 Å². The van der Waals surface area contributed by atoms with Crippen molar-refractivity contribution in [1.29, 1.82) is 0 Å². The maximum Gasteiger partial charge on any atom is 0.144 e. The van der Waals surface area contributed by atoms with Crippen LogP contribution in [0.25, 0.3) is 0 Å². The van der Waals surface area contributed by atoms with Crippen LogP contribution < -0.4 is 5.48 Å². The summed E-state index contributed by atoms with van der Waals surface area (Å²) < 4.78 is 26.6. The molecule has 1 rings (SSSR count). The fourth-order valence-electron chi connectivity index (χ4n) is 1.04. The third-order valence-electron chi connectivity index (χ3n) is 1.76. The van der Waals surface area contributed by atoms with Crippen molar-refractivity contribution in [3.05, 3.63) is 29.3 Å². The molecule has 0 atom stereocenters. The molecule has 1 aromatic rings. The fraction of sp³-hybridized carbons (Fsp3) is 0.333. The predicted octanol–water partition coefficient (Wildman–Crippen LogP) is 2.34. The Hall–Kier alpha value is -0.650. The van der Waals surface area contributed by atoms with E-state index in [1.54, 1.807) is 6.26 Å². The Kier molecular flexibility index (Phi) is 4.31. The standard InChI is InChI=1S/C9H11F2NOS/c1-13-12-5-6-7(10)3-4-8(14-2)9(6)11/h3-4,12H,5H2,1-2H3. The lowest BCUT2D eigenvalue weighted by molar-refractivity contribution is 0.0849. The normalized spacial score (nSPS) is 10.6. The molecular formula is C9H11F2NOS. The van der Waals surface area contributed by atoms with Gasteiger partial charge in [0.05, 0.1) is 13.7 Å². The monoisotopic (exact) mass is 219 g/mol. The molecule has 0 aliphatic rings. The highest BCUT2D eigenvalue weighted by molar-refractivity contribution is 7.98. The zero-order valence-electron chi connectivity index (χ0n) is 7.93. The quantitative estimate of drug-likeness (QED) is 0.620. The van der Waals surface area contributed by atoms with E-state index in [2.05, 4.69) is 10.3 Å². The molecule has 5 heteroatoms. The lowest BCUT2D eigenvalue weighted by Gasteiger charge is -2.07. The molecule has 0 fully saturated rings. The second-order valence-corrected chi connectivity index (χ2v) is 3.42. The van der Waals surface area contributed by atoms with E-state index < -0.39 is 11.6 Å². The van der Waals surface area contributed by atoms with Crippen LogP contribution in [0.4, 0.5) is 8.78 Å². The van der Waals surface area contributed by atoms with Crippen molar-refractivity contribution in [2.45, 2.75) is 11.4 Å². The lowest BCUT2D eigenvalue weighted by atomic mass is 10.2. The molecule has 0 saturated carbocycles. The van der Waals surface area contributed by atoms with Crippen molar-refractivity contribution >= 4 is 11.8 Å². The van der Waals surface area contributed by atoms with Gasteiger partial charge in [0.25, 0.3) is 0 Å². The molecule has 0 saturated heterocycles. The van der Waals surface area contributed by atoms with Gasteiger partial charge in [0.2, 0.25) is 0 Å². The van der Waals surface area contributed by atoms with Crippen molar-refractivity contribution in [1.82, 2.24) is 5.48 Å². The van der Waals surface area contributed by atoms with Crippen LogP contribution in [0.15, 0.2) is 17.0 Å². The van der Waals surface area contributed by atoms with Gasteiger partial charge in [0.1, 0.15) is 11.6 Å². The molecule has 0 spiro atoms. The number of halogens is 2. The number of thioether (sulfide) groups is 1. The Labute approximate surface area is 85.6 Å². The highest BCUT2D eigenvalue weighted by Crippen LogP contribution is 2.23. The Bertz CT molecular complexity index is 320. The van der Waals surface area contributed by atoms with E-state index in [9.17, 15) is 8.78 Å². The molecule has 1 N–H and O–H groups in total. The van der Waals surface area contributed by atoms with Gasteiger partial charge < -0.3 is 4.84 Å². The molecular weight excluding hydrogens is 208 g/mol. The number of hydrogen-bond donors (Lipinski definition) is 1. The zero-order valence-corrected chi connectivity index (χ0v) is 8.75. The van der Waals surface area contributed by atoms with Crippen molar-refractivity contribution in [3.63, 3.8) is 0 Å². The first-order valence-corrected chi connectivity index (χ1v) is 5.20. The smallest absolute Gasteiger partial charge is 0.144 e. The van der Waals surface area contributed by atoms with Crippen LogP contribution in [0.1, 0.15) is 5.56 Å². The number of hydrogen-bond acceptors (Lipinski definition) is 3. The Balaban J connectivity index is 2.99. The van der Waals surface area contributed by atoms with E-state index in [1.165, 1.54) is 31.0 Å². The highest BCUT2D eigenvalue weighted by Gasteiger charge is 2.12. The van der Waals surface area contributed by atoms with Crippen LogP contribution in [-0.4, -0.2) is 13.4 Å². The third kappa shape index (κ3) is 2.43. The molecule has 14 heavy (non-hydrogen) atoms. The topological polar surface area (TPSA) is 21.3 Å². The highest BCUT2D eigenvalue weighted by atomic mass is 32.2. The average molecular weight is 219 g/mol. The number of rotatable bonds is 4. The number of hydroxylamine groups is 1. The van der Waals surface area contributed by atoms with Gasteiger partial charge in [-0.1, -0.05) is 0 Å². The molecule has 0 aromatic heterocycles. The molecule has 0 amide bonds. The minimum absolute atomic E-state index is 0.00120.